The highest BCUT2D eigenvalue weighted by atomic mass is 35.5. The molecule has 118 valence electrons. The zero-order valence-corrected chi connectivity index (χ0v) is 12.6. The van der Waals surface area contributed by atoms with Crippen molar-refractivity contribution in [1.29, 1.82) is 0 Å². The monoisotopic (exact) mass is 318 g/mol. The number of carboxylic acid groups (broad SMARTS) is 1. The van der Waals surface area contributed by atoms with Crippen LogP contribution in [-0.4, -0.2) is 35.2 Å². The number of hydrogen-bond donors (Lipinski definition) is 3. The van der Waals surface area contributed by atoms with Gasteiger partial charge in [-0.05, 0) is 6.07 Å². The number of aryl methyl sites for hydroxylation is 1. The van der Waals surface area contributed by atoms with Crippen molar-refractivity contribution in [3.8, 4) is 5.75 Å². The van der Waals surface area contributed by atoms with E-state index in [0.717, 1.165) is 0 Å². The second-order valence-electron chi connectivity index (χ2n) is 4.36. The molecule has 1 rings (SSSR count). The van der Waals surface area contributed by atoms with E-state index >= 15 is 0 Å². The Balaban J connectivity index is 0.00000400. The van der Waals surface area contributed by atoms with Crippen LogP contribution in [0.5, 0.6) is 5.75 Å². The van der Waals surface area contributed by atoms with Crippen molar-refractivity contribution in [2.24, 2.45) is 0 Å². The standard InChI is InChI=1S/C13H18N2O5.ClH/c1-9(17)14-12(13(18)19)3-4-15-6-10(8-16)5-11(7-15)20-2;/h5-7,12,16H,3-4,8H2,1-2H3,(H-,14,17,18,19);1H. The van der Waals surface area contributed by atoms with Gasteiger partial charge < -0.3 is 32.7 Å². The number of rotatable bonds is 7. The van der Waals surface area contributed by atoms with Gasteiger partial charge in [0.25, 0.3) is 0 Å². The Labute approximate surface area is 129 Å². The Morgan fingerprint density at radius 2 is 2.10 bits per heavy atom. The minimum absolute atomic E-state index is 0. The fourth-order valence-corrected chi connectivity index (χ4v) is 1.78. The predicted molar refractivity (Wildman–Crippen MR) is 69.0 cm³/mol. The summed E-state index contributed by atoms with van der Waals surface area (Å²) in [5.74, 6) is -0.891. The summed E-state index contributed by atoms with van der Waals surface area (Å²) in [6, 6.07) is 0.753. The fourth-order valence-electron chi connectivity index (χ4n) is 1.78. The van der Waals surface area contributed by atoms with Crippen LogP contribution in [0.15, 0.2) is 18.5 Å². The molecule has 0 aromatic carbocycles. The Bertz CT molecular complexity index is 473. The number of ether oxygens (including phenoxy) is 1. The van der Waals surface area contributed by atoms with Crippen molar-refractivity contribution >= 4 is 11.9 Å². The van der Waals surface area contributed by atoms with Crippen LogP contribution in [0.1, 0.15) is 18.9 Å². The highest BCUT2D eigenvalue weighted by Gasteiger charge is 2.20. The first-order chi connectivity index (χ1) is 9.46. The van der Waals surface area contributed by atoms with Gasteiger partial charge in [-0.25, -0.2) is 9.36 Å². The maximum absolute atomic E-state index is 11.0. The topological polar surface area (TPSA) is 99.7 Å². The van der Waals surface area contributed by atoms with E-state index in [1.54, 1.807) is 23.0 Å². The van der Waals surface area contributed by atoms with E-state index in [4.69, 9.17) is 14.9 Å². The lowest BCUT2D eigenvalue weighted by molar-refractivity contribution is -0.698. The molecule has 3 N–H and O–H groups in total. The first kappa shape index (κ1) is 19.1. The summed E-state index contributed by atoms with van der Waals surface area (Å²) in [6.45, 7) is 1.52. The normalized spacial score (nSPS) is 11.2. The maximum atomic E-state index is 11.0. The molecule has 21 heavy (non-hydrogen) atoms. The number of hydrogen-bond acceptors (Lipinski definition) is 4. The molecule has 7 nitrogen and oxygen atoms in total. The quantitative estimate of drug-likeness (QED) is 0.452. The number of nitrogens with one attached hydrogen (secondary N) is 1. The lowest BCUT2D eigenvalue weighted by atomic mass is 10.2. The number of aliphatic carboxylic acids is 1. The summed E-state index contributed by atoms with van der Waals surface area (Å²) in [5, 5.41) is 20.5. The highest BCUT2D eigenvalue weighted by molar-refractivity contribution is 5.81. The van der Waals surface area contributed by atoms with E-state index in [1.807, 2.05) is 0 Å². The molecule has 0 radical (unpaired) electrons. The number of pyridine rings is 1. The minimum atomic E-state index is -1.08. The molecule has 1 aromatic heterocycles. The highest BCUT2D eigenvalue weighted by Crippen LogP contribution is 2.09. The molecule has 1 heterocycles. The molecule has 1 atom stereocenters. The van der Waals surface area contributed by atoms with Gasteiger partial charge in [0.15, 0.2) is 18.5 Å². The number of carbonyl (C=O) groups excluding carboxylic acids is 1. The van der Waals surface area contributed by atoms with Gasteiger partial charge in [-0.3, -0.25) is 4.79 Å². The van der Waals surface area contributed by atoms with E-state index in [0.29, 0.717) is 17.9 Å². The van der Waals surface area contributed by atoms with Crippen LogP contribution in [0.3, 0.4) is 0 Å². The van der Waals surface area contributed by atoms with E-state index in [-0.39, 0.29) is 31.3 Å². The van der Waals surface area contributed by atoms with Crippen LogP contribution in [0, 0.1) is 0 Å². The first-order valence-corrected chi connectivity index (χ1v) is 6.14. The van der Waals surface area contributed by atoms with Gasteiger partial charge in [-0.15, -0.1) is 0 Å². The number of amides is 1. The minimum Gasteiger partial charge on any atom is -1.00 e. The predicted octanol–water partition coefficient (Wildman–Crippen LogP) is -3.54. The molecule has 0 aliphatic carbocycles. The van der Waals surface area contributed by atoms with Crippen LogP contribution in [-0.2, 0) is 22.7 Å². The molecule has 0 saturated carbocycles. The molecule has 8 heteroatoms. The summed E-state index contributed by atoms with van der Waals surface area (Å²) in [6.07, 6.45) is 3.64. The smallest absolute Gasteiger partial charge is 0.326 e. The summed E-state index contributed by atoms with van der Waals surface area (Å²) in [5.41, 5.74) is 0.663. The van der Waals surface area contributed by atoms with Gasteiger partial charge in [0.05, 0.1) is 13.7 Å². The SMILES string of the molecule is COc1cc(CO)c[n+](CCC(NC(C)=O)C(=O)O)c1.[Cl-]. The number of carboxylic acids is 1. The molecular weight excluding hydrogens is 300 g/mol. The Hall–Kier alpha value is -1.86. The van der Waals surface area contributed by atoms with Gasteiger partial charge in [0, 0.05) is 18.9 Å². The average Bonchev–Trinajstić information content (AvgIpc) is 2.42. The second kappa shape index (κ2) is 9.15. The van der Waals surface area contributed by atoms with Crippen LogP contribution in [0.25, 0.3) is 0 Å². The van der Waals surface area contributed by atoms with Crippen molar-refractivity contribution in [3.05, 3.63) is 24.0 Å². The lowest BCUT2D eigenvalue weighted by Crippen LogP contribution is -3.00. The summed E-state index contributed by atoms with van der Waals surface area (Å²) in [7, 11) is 1.51. The van der Waals surface area contributed by atoms with E-state index in [2.05, 4.69) is 5.32 Å². The maximum Gasteiger partial charge on any atom is 0.326 e. The largest absolute Gasteiger partial charge is 1.00 e. The molecule has 0 aliphatic heterocycles. The van der Waals surface area contributed by atoms with Crippen molar-refractivity contribution in [1.82, 2.24) is 5.32 Å². The molecule has 0 bridgehead atoms. The molecule has 1 amide bonds. The van der Waals surface area contributed by atoms with Crippen LogP contribution >= 0.6 is 0 Å². The van der Waals surface area contributed by atoms with Crippen molar-refractivity contribution in [2.45, 2.75) is 32.5 Å². The Kier molecular flexibility index (Phi) is 8.34. The molecule has 1 unspecified atom stereocenters. The summed E-state index contributed by atoms with van der Waals surface area (Å²) in [4.78, 5) is 22.0. The van der Waals surface area contributed by atoms with Crippen molar-refractivity contribution < 1.29 is 41.5 Å². The number of halogens is 1. The van der Waals surface area contributed by atoms with Gasteiger partial charge >= 0.3 is 5.97 Å². The molecule has 0 saturated heterocycles. The third-order valence-corrected chi connectivity index (χ3v) is 2.72. The number of aromatic nitrogens is 1. The van der Waals surface area contributed by atoms with Crippen LogP contribution in [0.4, 0.5) is 0 Å². The number of methoxy groups -OCH3 is 1. The van der Waals surface area contributed by atoms with Crippen molar-refractivity contribution in [3.63, 3.8) is 0 Å². The van der Waals surface area contributed by atoms with Crippen molar-refractivity contribution in [2.75, 3.05) is 7.11 Å². The van der Waals surface area contributed by atoms with E-state index in [1.165, 1.54) is 14.0 Å². The third-order valence-electron chi connectivity index (χ3n) is 2.72. The van der Waals surface area contributed by atoms with Crippen LogP contribution in [0.2, 0.25) is 0 Å². The molecule has 0 aliphatic rings. The van der Waals surface area contributed by atoms with Gasteiger partial charge in [0.2, 0.25) is 12.1 Å². The van der Waals surface area contributed by atoms with Gasteiger partial charge in [0.1, 0.15) is 6.04 Å². The average molecular weight is 319 g/mol. The van der Waals surface area contributed by atoms with Gasteiger partial charge in [-0.2, -0.15) is 0 Å². The molecule has 0 fully saturated rings. The molecule has 0 spiro atoms. The fraction of sp³-hybridized carbons (Fsp3) is 0.462. The summed E-state index contributed by atoms with van der Waals surface area (Å²) >= 11 is 0. The molecular formula is C13H19ClN2O5. The zero-order chi connectivity index (χ0) is 15.1. The van der Waals surface area contributed by atoms with Crippen LogP contribution < -0.4 is 27.0 Å². The zero-order valence-electron chi connectivity index (χ0n) is 11.9. The number of aliphatic hydroxyl groups is 1. The second-order valence-corrected chi connectivity index (χ2v) is 4.36. The molecule has 1 aromatic rings. The van der Waals surface area contributed by atoms with Gasteiger partial charge in [-0.1, -0.05) is 0 Å². The Morgan fingerprint density at radius 3 is 2.57 bits per heavy atom. The summed E-state index contributed by atoms with van der Waals surface area (Å²) < 4.78 is 6.82. The first-order valence-electron chi connectivity index (χ1n) is 6.14. The van der Waals surface area contributed by atoms with E-state index < -0.39 is 12.0 Å². The number of nitrogens with zero attached hydrogens (tertiary/aromatic N) is 1. The lowest BCUT2D eigenvalue weighted by Gasteiger charge is -2.11. The number of carbonyl (C=O) groups is 2. The third kappa shape index (κ3) is 6.42. The Morgan fingerprint density at radius 1 is 1.43 bits per heavy atom. The number of aliphatic hydroxyl groups excluding tert-OH is 1. The van der Waals surface area contributed by atoms with E-state index in [9.17, 15) is 9.59 Å².